The van der Waals surface area contributed by atoms with Gasteiger partial charge >= 0.3 is 5.97 Å². The van der Waals surface area contributed by atoms with Crippen molar-refractivity contribution in [1.29, 1.82) is 0 Å². The molecule has 1 aromatic heterocycles. The summed E-state index contributed by atoms with van der Waals surface area (Å²) in [6.45, 7) is 5.51. The van der Waals surface area contributed by atoms with Gasteiger partial charge in [-0.3, -0.25) is 9.69 Å². The number of benzene rings is 2. The number of rotatable bonds is 6. The molecule has 0 saturated carbocycles. The van der Waals surface area contributed by atoms with Gasteiger partial charge in [0.15, 0.2) is 5.69 Å². The van der Waals surface area contributed by atoms with E-state index in [1.54, 1.807) is 42.2 Å². The predicted octanol–water partition coefficient (Wildman–Crippen LogP) is 4.44. The van der Waals surface area contributed by atoms with Crippen molar-refractivity contribution in [3.05, 3.63) is 72.3 Å². The van der Waals surface area contributed by atoms with Gasteiger partial charge in [-0.1, -0.05) is 55.1 Å². The minimum absolute atomic E-state index is 0.133. The summed E-state index contributed by atoms with van der Waals surface area (Å²) in [6.07, 6.45) is 1.20. The van der Waals surface area contributed by atoms with Crippen LogP contribution in [0.25, 0.3) is 11.3 Å². The molecule has 1 aliphatic rings. The van der Waals surface area contributed by atoms with Gasteiger partial charge in [-0.05, 0) is 18.2 Å². The largest absolute Gasteiger partial charge is 0.465 e. The first-order valence-electron chi connectivity index (χ1n) is 10.3. The third kappa shape index (κ3) is 4.45. The number of esters is 1. The van der Waals surface area contributed by atoms with E-state index < -0.39 is 12.2 Å². The molecule has 1 amide bonds. The average molecular weight is 463 g/mol. The van der Waals surface area contributed by atoms with E-state index in [-0.39, 0.29) is 18.2 Å². The molecule has 4 rings (SSSR count). The summed E-state index contributed by atoms with van der Waals surface area (Å²) in [5, 5.41) is 9.04. The predicted molar refractivity (Wildman–Crippen MR) is 125 cm³/mol. The van der Waals surface area contributed by atoms with E-state index in [2.05, 4.69) is 21.8 Å². The number of thioether (sulfide) groups is 1. The number of ether oxygens (including phenoxy) is 2. The number of para-hydroxylation sites is 1. The van der Waals surface area contributed by atoms with Crippen molar-refractivity contribution in [3.8, 4) is 17.1 Å². The lowest BCUT2D eigenvalue weighted by Crippen LogP contribution is -2.37. The Kier molecular flexibility index (Phi) is 6.69. The zero-order chi connectivity index (χ0) is 23.4. The SMILES string of the molecule is C=CCSc1nnc2c(n1)O[C@H](c1ccc(C(=O)OC)cc1)N(C(=O)CC)c1ccccc1-2. The molecule has 0 N–H and O–H groups in total. The van der Waals surface area contributed by atoms with Gasteiger partial charge < -0.3 is 9.47 Å². The van der Waals surface area contributed by atoms with Crippen LogP contribution in [-0.2, 0) is 9.53 Å². The number of carbonyl (C=O) groups excluding carboxylic acids is 2. The molecule has 1 atom stereocenters. The fourth-order valence-corrected chi connectivity index (χ4v) is 3.98. The van der Waals surface area contributed by atoms with Crippen LogP contribution in [0.2, 0.25) is 0 Å². The van der Waals surface area contributed by atoms with E-state index in [0.29, 0.717) is 39.0 Å². The molecule has 0 saturated heterocycles. The maximum atomic E-state index is 13.1. The highest BCUT2D eigenvalue weighted by Crippen LogP contribution is 2.43. The van der Waals surface area contributed by atoms with E-state index >= 15 is 0 Å². The Hall–Kier alpha value is -3.72. The number of amides is 1. The minimum Gasteiger partial charge on any atom is -0.465 e. The highest BCUT2D eigenvalue weighted by Gasteiger charge is 2.35. The average Bonchev–Trinajstić information content (AvgIpc) is 3.01. The quantitative estimate of drug-likeness (QED) is 0.302. The Morgan fingerprint density at radius 3 is 2.64 bits per heavy atom. The van der Waals surface area contributed by atoms with Crippen LogP contribution in [-0.4, -0.2) is 39.9 Å². The number of methoxy groups -OCH3 is 1. The number of hydrogen-bond acceptors (Lipinski definition) is 8. The van der Waals surface area contributed by atoms with Crippen molar-refractivity contribution in [1.82, 2.24) is 15.2 Å². The summed E-state index contributed by atoms with van der Waals surface area (Å²) in [6, 6.07) is 14.2. The van der Waals surface area contributed by atoms with Gasteiger partial charge in [0.2, 0.25) is 23.2 Å². The van der Waals surface area contributed by atoms with E-state index in [1.165, 1.54) is 18.9 Å². The first-order chi connectivity index (χ1) is 16.1. The molecular formula is C24H22N4O4S. The van der Waals surface area contributed by atoms with E-state index in [1.807, 2.05) is 24.3 Å². The number of nitrogens with zero attached hydrogens (tertiary/aromatic N) is 4. The first kappa shape index (κ1) is 22.5. The maximum Gasteiger partial charge on any atom is 0.337 e. The van der Waals surface area contributed by atoms with Crippen molar-refractivity contribution in [2.24, 2.45) is 0 Å². The van der Waals surface area contributed by atoms with Crippen molar-refractivity contribution in [3.63, 3.8) is 0 Å². The highest BCUT2D eigenvalue weighted by atomic mass is 32.2. The first-order valence-corrected chi connectivity index (χ1v) is 11.3. The topological polar surface area (TPSA) is 94.5 Å². The third-order valence-electron chi connectivity index (χ3n) is 5.03. The Morgan fingerprint density at radius 1 is 1.18 bits per heavy atom. The fourth-order valence-electron chi connectivity index (χ4n) is 3.47. The van der Waals surface area contributed by atoms with Crippen molar-refractivity contribution < 1.29 is 19.1 Å². The molecule has 2 heterocycles. The molecule has 9 heteroatoms. The molecule has 0 aliphatic carbocycles. The van der Waals surface area contributed by atoms with Crippen LogP contribution in [0.5, 0.6) is 5.88 Å². The van der Waals surface area contributed by atoms with Crippen LogP contribution in [0, 0.1) is 0 Å². The molecule has 33 heavy (non-hydrogen) atoms. The van der Waals surface area contributed by atoms with Crippen LogP contribution < -0.4 is 9.64 Å². The molecule has 168 valence electrons. The summed E-state index contributed by atoms with van der Waals surface area (Å²) in [7, 11) is 1.33. The molecular weight excluding hydrogens is 440 g/mol. The van der Waals surface area contributed by atoms with Gasteiger partial charge in [-0.15, -0.1) is 16.8 Å². The zero-order valence-electron chi connectivity index (χ0n) is 18.2. The molecule has 1 aliphatic heterocycles. The molecule has 3 aromatic rings. The maximum absolute atomic E-state index is 13.1. The lowest BCUT2D eigenvalue weighted by Gasteiger charge is -2.30. The van der Waals surface area contributed by atoms with E-state index in [0.717, 1.165) is 0 Å². The summed E-state index contributed by atoms with van der Waals surface area (Å²) in [4.78, 5) is 31.2. The van der Waals surface area contributed by atoms with Crippen molar-refractivity contribution in [2.75, 3.05) is 17.8 Å². The number of carbonyl (C=O) groups is 2. The Morgan fingerprint density at radius 2 is 1.94 bits per heavy atom. The van der Waals surface area contributed by atoms with E-state index in [4.69, 9.17) is 9.47 Å². The second kappa shape index (κ2) is 9.83. The highest BCUT2D eigenvalue weighted by molar-refractivity contribution is 7.99. The van der Waals surface area contributed by atoms with Gasteiger partial charge in [0.25, 0.3) is 0 Å². The van der Waals surface area contributed by atoms with Crippen LogP contribution in [0.3, 0.4) is 0 Å². The Bertz CT molecular complexity index is 1200. The number of aromatic nitrogens is 3. The van der Waals surface area contributed by atoms with Crippen LogP contribution in [0.1, 0.15) is 35.5 Å². The summed E-state index contributed by atoms with van der Waals surface area (Å²) in [5.74, 6) is 0.320. The monoisotopic (exact) mass is 462 g/mol. The summed E-state index contributed by atoms with van der Waals surface area (Å²) < 4.78 is 11.1. The van der Waals surface area contributed by atoms with Crippen LogP contribution in [0.4, 0.5) is 5.69 Å². The van der Waals surface area contributed by atoms with Gasteiger partial charge in [-0.25, -0.2) is 4.79 Å². The lowest BCUT2D eigenvalue weighted by molar-refractivity contribution is -0.120. The normalized spacial score (nSPS) is 14.4. The number of hydrogen-bond donors (Lipinski definition) is 0. The third-order valence-corrected chi connectivity index (χ3v) is 5.86. The smallest absolute Gasteiger partial charge is 0.337 e. The molecule has 8 nitrogen and oxygen atoms in total. The molecule has 2 aromatic carbocycles. The number of fused-ring (bicyclic) bond motifs is 3. The second-order valence-electron chi connectivity index (χ2n) is 7.07. The molecule has 0 fully saturated rings. The van der Waals surface area contributed by atoms with Crippen LogP contribution >= 0.6 is 11.8 Å². The van der Waals surface area contributed by atoms with Crippen molar-refractivity contribution in [2.45, 2.75) is 24.7 Å². The molecule has 0 bridgehead atoms. The minimum atomic E-state index is -0.819. The Labute approximate surface area is 195 Å². The van der Waals surface area contributed by atoms with Gasteiger partial charge in [0.05, 0.1) is 18.4 Å². The standard InChI is InChI=1S/C24H22N4O4S/c1-4-14-33-24-25-21-20(26-27-24)17-8-6-7-9-18(17)28(19(29)5-2)22(32-21)15-10-12-16(13-11-15)23(30)31-3/h4,6-13,22H,1,5,14H2,2-3H3/t22-/m1/s1. The Balaban J connectivity index is 1.87. The fraction of sp³-hybridized carbons (Fsp3) is 0.208. The molecule has 0 spiro atoms. The number of anilines is 1. The zero-order valence-corrected chi connectivity index (χ0v) is 19.0. The summed E-state index contributed by atoms with van der Waals surface area (Å²) >= 11 is 1.38. The van der Waals surface area contributed by atoms with Crippen molar-refractivity contribution >= 4 is 29.3 Å². The molecule has 0 radical (unpaired) electrons. The van der Waals surface area contributed by atoms with Gasteiger partial charge in [0, 0.05) is 23.3 Å². The second-order valence-corrected chi connectivity index (χ2v) is 8.05. The summed E-state index contributed by atoms with van der Waals surface area (Å²) in [5.41, 5.74) is 2.87. The van der Waals surface area contributed by atoms with Gasteiger partial charge in [0.1, 0.15) is 0 Å². The van der Waals surface area contributed by atoms with Gasteiger partial charge in [-0.2, -0.15) is 4.98 Å². The molecule has 0 unspecified atom stereocenters. The lowest BCUT2D eigenvalue weighted by atomic mass is 10.1. The van der Waals surface area contributed by atoms with E-state index in [9.17, 15) is 9.59 Å². The van der Waals surface area contributed by atoms with Crippen LogP contribution in [0.15, 0.2) is 66.3 Å².